The van der Waals surface area contributed by atoms with Crippen molar-refractivity contribution in [1.82, 2.24) is 10.6 Å². The Balaban J connectivity index is 0.00000182. The summed E-state index contributed by atoms with van der Waals surface area (Å²) in [5.41, 5.74) is 1.04. The van der Waals surface area contributed by atoms with Gasteiger partial charge in [-0.25, -0.2) is 0 Å². The molecule has 4 atom stereocenters. The van der Waals surface area contributed by atoms with Crippen molar-refractivity contribution in [2.75, 3.05) is 20.2 Å². The molecule has 3 aliphatic rings. The number of halogens is 1. The third-order valence-corrected chi connectivity index (χ3v) is 6.76. The molecule has 1 aromatic rings. The zero-order valence-electron chi connectivity index (χ0n) is 15.1. The molecule has 2 aliphatic carbocycles. The van der Waals surface area contributed by atoms with Crippen LogP contribution in [-0.4, -0.2) is 32.1 Å². The highest BCUT2D eigenvalue weighted by Crippen LogP contribution is 2.52. The lowest BCUT2D eigenvalue weighted by atomic mass is 9.67. The second-order valence-electron chi connectivity index (χ2n) is 8.08. The molecule has 0 radical (unpaired) electrons. The van der Waals surface area contributed by atoms with Crippen LogP contribution in [0, 0.1) is 11.3 Å². The lowest BCUT2D eigenvalue weighted by molar-refractivity contribution is -0.134. The number of amides is 1. The average molecular weight is 365 g/mol. The van der Waals surface area contributed by atoms with Crippen LogP contribution in [0.2, 0.25) is 0 Å². The number of rotatable bonds is 4. The third-order valence-electron chi connectivity index (χ3n) is 6.76. The molecule has 138 valence electrons. The molecule has 1 saturated heterocycles. The smallest absolute Gasteiger partial charge is 0.228 e. The fraction of sp³-hybridized carbons (Fsp3) is 0.650. The van der Waals surface area contributed by atoms with Gasteiger partial charge in [0.05, 0.1) is 12.5 Å². The van der Waals surface area contributed by atoms with Crippen LogP contribution in [0.4, 0.5) is 0 Å². The summed E-state index contributed by atoms with van der Waals surface area (Å²) < 4.78 is 5.53. The molecular weight excluding hydrogens is 336 g/mol. The predicted octanol–water partition coefficient (Wildman–Crippen LogP) is 3.04. The van der Waals surface area contributed by atoms with E-state index >= 15 is 0 Å². The van der Waals surface area contributed by atoms with Gasteiger partial charge in [-0.15, -0.1) is 12.4 Å². The SMILES string of the molecule is COc1ccccc1C1(C)CC1NC(=O)[C@@]12CCCC[C@H]1CNC2.Cl. The minimum atomic E-state index is -0.164. The van der Waals surface area contributed by atoms with Crippen molar-refractivity contribution >= 4 is 18.3 Å². The standard InChI is InChI=1S/C20H28N2O2.ClH/c1-19(15-8-3-4-9-16(15)24-2)11-17(19)22-18(23)20-10-6-5-7-14(20)12-21-13-20;/h3-4,8-9,14,17,21H,5-7,10-13H2,1-2H3,(H,22,23);1H/t14-,17?,19?,20+;/m0./s1. The minimum absolute atomic E-state index is 0. The van der Waals surface area contributed by atoms with Gasteiger partial charge < -0.3 is 15.4 Å². The maximum atomic E-state index is 13.1. The molecule has 1 heterocycles. The number of nitrogens with one attached hydrogen (secondary N) is 2. The van der Waals surface area contributed by atoms with Crippen LogP contribution in [0.15, 0.2) is 24.3 Å². The maximum absolute atomic E-state index is 13.1. The van der Waals surface area contributed by atoms with Gasteiger partial charge in [-0.1, -0.05) is 38.0 Å². The van der Waals surface area contributed by atoms with E-state index in [0.29, 0.717) is 5.92 Å². The normalized spacial score (nSPS) is 36.1. The van der Waals surface area contributed by atoms with Crippen molar-refractivity contribution in [3.05, 3.63) is 29.8 Å². The Morgan fingerprint density at radius 2 is 2.12 bits per heavy atom. The van der Waals surface area contributed by atoms with Crippen LogP contribution in [-0.2, 0) is 10.2 Å². The molecule has 2 unspecified atom stereocenters. The molecule has 0 spiro atoms. The van der Waals surface area contributed by atoms with E-state index in [2.05, 4.69) is 29.7 Å². The summed E-state index contributed by atoms with van der Waals surface area (Å²) in [6.07, 6.45) is 5.67. The number of ether oxygens (including phenoxy) is 1. The van der Waals surface area contributed by atoms with E-state index < -0.39 is 0 Å². The quantitative estimate of drug-likeness (QED) is 0.863. The summed E-state index contributed by atoms with van der Waals surface area (Å²) in [6.45, 7) is 4.09. The van der Waals surface area contributed by atoms with E-state index in [0.717, 1.165) is 31.7 Å². The van der Waals surface area contributed by atoms with Crippen molar-refractivity contribution in [3.63, 3.8) is 0 Å². The number of carbonyl (C=O) groups is 1. The Bertz CT molecular complexity index is 652. The average Bonchev–Trinajstić information content (AvgIpc) is 3.07. The first-order valence-corrected chi connectivity index (χ1v) is 9.25. The number of para-hydroxylation sites is 1. The topological polar surface area (TPSA) is 50.4 Å². The van der Waals surface area contributed by atoms with Crippen molar-refractivity contribution < 1.29 is 9.53 Å². The highest BCUT2D eigenvalue weighted by Gasteiger charge is 2.57. The third kappa shape index (κ3) is 2.93. The summed E-state index contributed by atoms with van der Waals surface area (Å²) in [5.74, 6) is 1.72. The molecule has 0 aromatic heterocycles. The van der Waals surface area contributed by atoms with E-state index in [9.17, 15) is 4.79 Å². The van der Waals surface area contributed by atoms with Crippen LogP contribution >= 0.6 is 12.4 Å². The Kier molecular flexibility index (Phi) is 5.04. The first-order chi connectivity index (χ1) is 11.6. The van der Waals surface area contributed by atoms with Crippen molar-refractivity contribution in [3.8, 4) is 5.75 Å². The number of methoxy groups -OCH3 is 1. The Morgan fingerprint density at radius 1 is 1.32 bits per heavy atom. The Morgan fingerprint density at radius 3 is 2.92 bits per heavy atom. The molecular formula is C20H29ClN2O2. The first-order valence-electron chi connectivity index (χ1n) is 9.25. The minimum Gasteiger partial charge on any atom is -0.496 e. The summed E-state index contributed by atoms with van der Waals surface area (Å²) in [6, 6.07) is 8.41. The van der Waals surface area contributed by atoms with E-state index in [-0.39, 0.29) is 35.2 Å². The van der Waals surface area contributed by atoms with Gasteiger partial charge in [0.15, 0.2) is 0 Å². The summed E-state index contributed by atoms with van der Waals surface area (Å²) in [5, 5.41) is 6.86. The molecule has 4 rings (SSSR count). The van der Waals surface area contributed by atoms with Gasteiger partial charge in [-0.3, -0.25) is 4.79 Å². The Hall–Kier alpha value is -1.26. The van der Waals surface area contributed by atoms with Gasteiger partial charge in [0.2, 0.25) is 5.91 Å². The molecule has 4 nitrogen and oxygen atoms in total. The fourth-order valence-corrected chi connectivity index (χ4v) is 4.98. The van der Waals surface area contributed by atoms with Gasteiger partial charge >= 0.3 is 0 Å². The largest absolute Gasteiger partial charge is 0.496 e. The first kappa shape index (κ1) is 18.5. The van der Waals surface area contributed by atoms with Crippen LogP contribution in [0.25, 0.3) is 0 Å². The Labute approximate surface area is 156 Å². The van der Waals surface area contributed by atoms with E-state index in [1.165, 1.54) is 24.8 Å². The molecule has 1 amide bonds. The van der Waals surface area contributed by atoms with Crippen LogP contribution in [0.1, 0.15) is 44.6 Å². The molecule has 2 saturated carbocycles. The van der Waals surface area contributed by atoms with Crippen LogP contribution in [0.5, 0.6) is 5.75 Å². The summed E-state index contributed by atoms with van der Waals surface area (Å²) >= 11 is 0. The molecule has 3 fully saturated rings. The second kappa shape index (κ2) is 6.81. The molecule has 5 heteroatoms. The zero-order chi connectivity index (χ0) is 16.8. The number of benzene rings is 1. The maximum Gasteiger partial charge on any atom is 0.228 e. The monoisotopic (exact) mass is 364 g/mol. The van der Waals surface area contributed by atoms with Crippen LogP contribution < -0.4 is 15.4 Å². The molecule has 25 heavy (non-hydrogen) atoms. The van der Waals surface area contributed by atoms with E-state index in [4.69, 9.17) is 4.74 Å². The van der Waals surface area contributed by atoms with E-state index in [1.54, 1.807) is 7.11 Å². The van der Waals surface area contributed by atoms with Gasteiger partial charge in [-0.05, 0) is 37.8 Å². The molecule has 1 aromatic carbocycles. The summed E-state index contributed by atoms with van der Waals surface area (Å²) in [4.78, 5) is 13.1. The molecule has 1 aliphatic heterocycles. The lowest BCUT2D eigenvalue weighted by Crippen LogP contribution is -2.49. The van der Waals surface area contributed by atoms with Crippen molar-refractivity contribution in [1.29, 1.82) is 0 Å². The van der Waals surface area contributed by atoms with E-state index in [1.807, 2.05) is 12.1 Å². The number of carbonyl (C=O) groups excluding carboxylic acids is 1. The molecule has 0 bridgehead atoms. The van der Waals surface area contributed by atoms with Gasteiger partial charge in [0.1, 0.15) is 5.75 Å². The number of hydrogen-bond acceptors (Lipinski definition) is 3. The van der Waals surface area contributed by atoms with Gasteiger partial charge in [0.25, 0.3) is 0 Å². The van der Waals surface area contributed by atoms with Crippen molar-refractivity contribution in [2.45, 2.75) is 50.5 Å². The van der Waals surface area contributed by atoms with Crippen molar-refractivity contribution in [2.24, 2.45) is 11.3 Å². The zero-order valence-corrected chi connectivity index (χ0v) is 16.0. The highest BCUT2D eigenvalue weighted by molar-refractivity contribution is 5.85. The van der Waals surface area contributed by atoms with Gasteiger partial charge in [0, 0.05) is 23.6 Å². The summed E-state index contributed by atoms with van der Waals surface area (Å²) in [7, 11) is 1.72. The lowest BCUT2D eigenvalue weighted by Gasteiger charge is -2.37. The fourth-order valence-electron chi connectivity index (χ4n) is 4.98. The number of hydrogen-bond donors (Lipinski definition) is 2. The highest BCUT2D eigenvalue weighted by atomic mass is 35.5. The predicted molar refractivity (Wildman–Crippen MR) is 101 cm³/mol. The number of fused-ring (bicyclic) bond motifs is 1. The molecule has 2 N–H and O–H groups in total. The van der Waals surface area contributed by atoms with Gasteiger partial charge in [-0.2, -0.15) is 0 Å². The van der Waals surface area contributed by atoms with Crippen LogP contribution in [0.3, 0.4) is 0 Å². The second-order valence-corrected chi connectivity index (χ2v) is 8.08.